The van der Waals surface area contributed by atoms with Gasteiger partial charge in [0, 0.05) is 34.5 Å². The third kappa shape index (κ3) is 3.26. The molecule has 0 amide bonds. The Balaban J connectivity index is 2.01. The topological polar surface area (TPSA) is 79.3 Å². The summed E-state index contributed by atoms with van der Waals surface area (Å²) in [7, 11) is -0.685. The lowest BCUT2D eigenvalue weighted by atomic mass is 10.1. The van der Waals surface area contributed by atoms with Crippen molar-refractivity contribution in [1.29, 1.82) is 0 Å². The number of anilines is 1. The third-order valence-electron chi connectivity index (χ3n) is 2.75. The molecule has 1 aliphatic rings. The van der Waals surface area contributed by atoms with Crippen LogP contribution in [-0.2, 0) is 10.8 Å². The average molecular weight is 254 g/mol. The summed E-state index contributed by atoms with van der Waals surface area (Å²) in [5.41, 5.74) is 0.224. The fourth-order valence-corrected chi connectivity index (χ4v) is 3.09. The van der Waals surface area contributed by atoms with Crippen molar-refractivity contribution < 1.29 is 14.1 Å². The number of aromatic nitrogens is 1. The van der Waals surface area contributed by atoms with Crippen LogP contribution in [0.5, 0.6) is 0 Å². The molecular weight excluding hydrogens is 240 g/mol. The molecule has 1 saturated heterocycles. The first kappa shape index (κ1) is 12.0. The minimum Gasteiger partial charge on any atom is -0.478 e. The average Bonchev–Trinajstić information content (AvgIpc) is 2.32. The number of hydrogen-bond donors (Lipinski definition) is 2. The summed E-state index contributed by atoms with van der Waals surface area (Å²) in [4.78, 5) is 14.9. The van der Waals surface area contributed by atoms with Crippen LogP contribution in [0.15, 0.2) is 18.3 Å². The second-order valence-corrected chi connectivity index (χ2v) is 5.70. The molecule has 5 nitrogen and oxygen atoms in total. The molecule has 2 rings (SSSR count). The van der Waals surface area contributed by atoms with E-state index in [1.165, 1.54) is 18.3 Å². The van der Waals surface area contributed by atoms with Gasteiger partial charge in [0.2, 0.25) is 0 Å². The minimum atomic E-state index is -0.958. The molecule has 0 radical (unpaired) electrons. The van der Waals surface area contributed by atoms with Gasteiger partial charge in [0.15, 0.2) is 0 Å². The predicted octanol–water partition coefficient (Wildman–Crippen LogP) is 1.10. The van der Waals surface area contributed by atoms with E-state index in [2.05, 4.69) is 10.3 Å². The first-order valence-corrected chi connectivity index (χ1v) is 6.95. The summed E-state index contributed by atoms with van der Waals surface area (Å²) in [6.07, 6.45) is 3.16. The molecule has 17 heavy (non-hydrogen) atoms. The van der Waals surface area contributed by atoms with E-state index in [1.807, 2.05) is 0 Å². The molecule has 0 bridgehead atoms. The predicted molar refractivity (Wildman–Crippen MR) is 65.7 cm³/mol. The third-order valence-corrected chi connectivity index (χ3v) is 4.13. The van der Waals surface area contributed by atoms with Crippen molar-refractivity contribution in [2.45, 2.75) is 18.9 Å². The summed E-state index contributed by atoms with van der Waals surface area (Å²) in [6.45, 7) is 0. The van der Waals surface area contributed by atoms with Crippen LogP contribution in [0.3, 0.4) is 0 Å². The molecule has 1 aromatic heterocycles. The highest BCUT2D eigenvalue weighted by atomic mass is 32.2. The zero-order valence-corrected chi connectivity index (χ0v) is 10.1. The van der Waals surface area contributed by atoms with Crippen molar-refractivity contribution in [2.75, 3.05) is 16.8 Å². The van der Waals surface area contributed by atoms with Crippen LogP contribution in [0.2, 0.25) is 0 Å². The number of carbonyl (C=O) groups is 1. The standard InChI is InChI=1S/C11H14N2O3S/c14-11(15)8-1-4-12-10(7-8)13-9-2-5-17(16)6-3-9/h1,4,7,9H,2-3,5-6H2,(H,12,13)(H,14,15). The summed E-state index contributed by atoms with van der Waals surface area (Å²) in [5, 5.41) is 12.0. The van der Waals surface area contributed by atoms with Crippen LogP contribution in [0, 0.1) is 0 Å². The molecule has 2 heterocycles. The fourth-order valence-electron chi connectivity index (χ4n) is 1.79. The van der Waals surface area contributed by atoms with Crippen LogP contribution < -0.4 is 5.32 Å². The first-order chi connectivity index (χ1) is 8.15. The number of pyridine rings is 1. The zero-order valence-electron chi connectivity index (χ0n) is 9.26. The van der Waals surface area contributed by atoms with Gasteiger partial charge < -0.3 is 10.4 Å². The Morgan fingerprint density at radius 2 is 2.18 bits per heavy atom. The molecule has 0 saturated carbocycles. The van der Waals surface area contributed by atoms with Gasteiger partial charge in [0.05, 0.1) is 5.56 Å². The minimum absolute atomic E-state index is 0.224. The van der Waals surface area contributed by atoms with E-state index < -0.39 is 16.8 Å². The summed E-state index contributed by atoms with van der Waals surface area (Å²) >= 11 is 0. The Hall–Kier alpha value is -1.43. The number of hydrogen-bond acceptors (Lipinski definition) is 4. The van der Waals surface area contributed by atoms with Crippen LogP contribution >= 0.6 is 0 Å². The lowest BCUT2D eigenvalue weighted by molar-refractivity contribution is 0.0697. The van der Waals surface area contributed by atoms with Crippen molar-refractivity contribution in [3.05, 3.63) is 23.9 Å². The van der Waals surface area contributed by atoms with Crippen molar-refractivity contribution >= 4 is 22.6 Å². The quantitative estimate of drug-likeness (QED) is 0.844. The fraction of sp³-hybridized carbons (Fsp3) is 0.455. The Bertz CT molecular complexity index is 440. The molecule has 2 N–H and O–H groups in total. The van der Waals surface area contributed by atoms with Crippen LogP contribution in [-0.4, -0.2) is 37.8 Å². The van der Waals surface area contributed by atoms with E-state index in [0.717, 1.165) is 12.8 Å². The molecule has 0 atom stereocenters. The van der Waals surface area contributed by atoms with E-state index in [1.54, 1.807) is 0 Å². The largest absolute Gasteiger partial charge is 0.478 e. The van der Waals surface area contributed by atoms with E-state index in [-0.39, 0.29) is 11.6 Å². The van der Waals surface area contributed by atoms with Crippen LogP contribution in [0.4, 0.5) is 5.82 Å². The maximum Gasteiger partial charge on any atom is 0.335 e. The van der Waals surface area contributed by atoms with Gasteiger partial charge in [-0.3, -0.25) is 4.21 Å². The first-order valence-electron chi connectivity index (χ1n) is 5.46. The SMILES string of the molecule is O=C(O)c1ccnc(NC2CCS(=O)CC2)c1. The van der Waals surface area contributed by atoms with Gasteiger partial charge in [0.1, 0.15) is 5.82 Å². The second-order valence-electron chi connectivity index (χ2n) is 4.00. The van der Waals surface area contributed by atoms with Crippen molar-refractivity contribution in [3.63, 3.8) is 0 Å². The normalized spacial score (nSPS) is 24.2. The zero-order chi connectivity index (χ0) is 12.3. The Morgan fingerprint density at radius 1 is 1.47 bits per heavy atom. The Kier molecular flexibility index (Phi) is 3.73. The highest BCUT2D eigenvalue weighted by molar-refractivity contribution is 7.85. The van der Waals surface area contributed by atoms with Crippen molar-refractivity contribution in [3.8, 4) is 0 Å². The lowest BCUT2D eigenvalue weighted by Gasteiger charge is -2.23. The van der Waals surface area contributed by atoms with Gasteiger partial charge in [0.25, 0.3) is 0 Å². The summed E-state index contributed by atoms with van der Waals surface area (Å²) in [6, 6.07) is 3.22. The van der Waals surface area contributed by atoms with Crippen LogP contribution in [0.25, 0.3) is 0 Å². The summed E-state index contributed by atoms with van der Waals surface area (Å²) in [5.74, 6) is 1.02. The highest BCUT2D eigenvalue weighted by Gasteiger charge is 2.18. The second kappa shape index (κ2) is 5.27. The molecule has 1 aliphatic heterocycles. The van der Waals surface area contributed by atoms with Gasteiger partial charge >= 0.3 is 5.97 Å². The Labute approximate surface area is 102 Å². The number of nitrogens with zero attached hydrogens (tertiary/aromatic N) is 1. The maximum atomic E-state index is 11.2. The molecule has 0 aromatic carbocycles. The van der Waals surface area contributed by atoms with E-state index in [0.29, 0.717) is 17.3 Å². The van der Waals surface area contributed by atoms with Gasteiger partial charge in [-0.15, -0.1) is 0 Å². The molecule has 1 fully saturated rings. The van der Waals surface area contributed by atoms with Crippen molar-refractivity contribution in [2.24, 2.45) is 0 Å². The number of rotatable bonds is 3. The number of carboxylic acid groups (broad SMARTS) is 1. The van der Waals surface area contributed by atoms with Crippen LogP contribution in [0.1, 0.15) is 23.2 Å². The lowest BCUT2D eigenvalue weighted by Crippen LogP contribution is -2.29. The van der Waals surface area contributed by atoms with Gasteiger partial charge in [-0.2, -0.15) is 0 Å². The van der Waals surface area contributed by atoms with E-state index in [9.17, 15) is 9.00 Å². The smallest absolute Gasteiger partial charge is 0.335 e. The van der Waals surface area contributed by atoms with Crippen molar-refractivity contribution in [1.82, 2.24) is 4.98 Å². The number of aromatic carboxylic acids is 1. The summed E-state index contributed by atoms with van der Waals surface area (Å²) < 4.78 is 11.2. The molecule has 1 aromatic rings. The highest BCUT2D eigenvalue weighted by Crippen LogP contribution is 2.15. The van der Waals surface area contributed by atoms with E-state index >= 15 is 0 Å². The number of nitrogens with one attached hydrogen (secondary N) is 1. The monoisotopic (exact) mass is 254 g/mol. The van der Waals surface area contributed by atoms with Gasteiger partial charge in [-0.25, -0.2) is 9.78 Å². The maximum absolute atomic E-state index is 11.2. The van der Waals surface area contributed by atoms with Gasteiger partial charge in [-0.05, 0) is 25.0 Å². The molecule has 92 valence electrons. The van der Waals surface area contributed by atoms with E-state index in [4.69, 9.17) is 5.11 Å². The Morgan fingerprint density at radius 3 is 2.82 bits per heavy atom. The molecule has 0 aliphatic carbocycles. The van der Waals surface area contributed by atoms with Gasteiger partial charge in [-0.1, -0.05) is 0 Å². The molecular formula is C11H14N2O3S. The number of carboxylic acids is 1. The molecule has 6 heteroatoms. The molecule has 0 unspecified atom stereocenters. The molecule has 0 spiro atoms.